The van der Waals surface area contributed by atoms with Gasteiger partial charge in [-0.25, -0.2) is 4.68 Å². The number of hydrogen-bond donors (Lipinski definition) is 2. The number of nitrogen functional groups attached to an aromatic ring is 1. The molecule has 0 spiro atoms. The highest BCUT2D eigenvalue weighted by Gasteiger charge is 2.18. The maximum atomic E-state index is 11.9. The molecule has 2 heterocycles. The molecule has 0 aliphatic carbocycles. The monoisotopic (exact) mass is 306 g/mol. The number of nitrogens with one attached hydrogen (secondary N) is 1. The van der Waals surface area contributed by atoms with Gasteiger partial charge in [0.05, 0.1) is 18.3 Å². The zero-order valence-corrected chi connectivity index (χ0v) is 12.0. The first-order valence-electron chi connectivity index (χ1n) is 6.49. The minimum atomic E-state index is -0.357. The van der Waals surface area contributed by atoms with E-state index in [9.17, 15) is 4.79 Å². The molecule has 0 unspecified atom stereocenters. The predicted molar refractivity (Wildman–Crippen MR) is 82.1 cm³/mol. The van der Waals surface area contributed by atoms with E-state index in [1.54, 1.807) is 18.2 Å². The summed E-state index contributed by atoms with van der Waals surface area (Å²) in [7, 11) is 1.52. The number of nitrogens with two attached hydrogens (primary N) is 1. The van der Waals surface area contributed by atoms with Crippen LogP contribution in [-0.4, -0.2) is 21.9 Å². The molecule has 3 rings (SSSR count). The van der Waals surface area contributed by atoms with E-state index >= 15 is 0 Å². The summed E-state index contributed by atoms with van der Waals surface area (Å²) in [6.07, 6.45) is 0. The van der Waals surface area contributed by atoms with Gasteiger partial charge < -0.3 is 15.5 Å². The molecule has 0 radical (unpaired) electrons. The molecular formula is C15H10N6O2. The number of nitrogens with zero attached hydrogens (tertiary/aromatic N) is 4. The lowest BCUT2D eigenvalue weighted by Gasteiger charge is -2.09. The highest BCUT2D eigenvalue weighted by Crippen LogP contribution is 2.27. The third-order valence-electron chi connectivity index (χ3n) is 3.40. The number of aromatic amines is 1. The van der Waals surface area contributed by atoms with Crippen molar-refractivity contribution in [2.24, 2.45) is 0 Å². The molecule has 112 valence electrons. The number of benzene rings is 1. The molecule has 8 nitrogen and oxygen atoms in total. The fraction of sp³-hybridized carbons (Fsp3) is 0.0667. The summed E-state index contributed by atoms with van der Waals surface area (Å²) in [5.74, 6) is 0.580. The number of methoxy groups -OCH3 is 1. The highest BCUT2D eigenvalue weighted by molar-refractivity contribution is 5.88. The van der Waals surface area contributed by atoms with Gasteiger partial charge in [-0.2, -0.15) is 15.6 Å². The topological polar surface area (TPSA) is 134 Å². The standard InChI is InChI=1S/C15H10N6O2/c1-23-8-2-3-11-9(4-8)13(5-14(22)19-11)21-15(18)10(6-16)12(7-17)20-21/h2-5H,18H2,1H3,(H,19,22). The molecule has 3 N–H and O–H groups in total. The summed E-state index contributed by atoms with van der Waals surface area (Å²) in [4.78, 5) is 14.6. The van der Waals surface area contributed by atoms with Crippen molar-refractivity contribution in [2.75, 3.05) is 12.8 Å². The van der Waals surface area contributed by atoms with Crippen LogP contribution < -0.4 is 16.0 Å². The summed E-state index contributed by atoms with van der Waals surface area (Å²) in [6, 6.07) is 10.1. The maximum Gasteiger partial charge on any atom is 0.250 e. The molecule has 0 atom stereocenters. The van der Waals surface area contributed by atoms with Crippen LogP contribution in [0.15, 0.2) is 29.1 Å². The molecule has 0 amide bonds. The van der Waals surface area contributed by atoms with Gasteiger partial charge in [0, 0.05) is 11.5 Å². The molecule has 3 aromatic rings. The van der Waals surface area contributed by atoms with E-state index < -0.39 is 0 Å². The zero-order valence-electron chi connectivity index (χ0n) is 12.0. The molecule has 0 saturated heterocycles. The lowest BCUT2D eigenvalue weighted by Crippen LogP contribution is -2.11. The normalized spacial score (nSPS) is 10.2. The number of H-pyrrole nitrogens is 1. The van der Waals surface area contributed by atoms with E-state index in [-0.39, 0.29) is 22.6 Å². The third kappa shape index (κ3) is 2.15. The van der Waals surface area contributed by atoms with Crippen molar-refractivity contribution in [1.82, 2.24) is 14.8 Å². The van der Waals surface area contributed by atoms with Gasteiger partial charge in [0.2, 0.25) is 0 Å². The fourth-order valence-electron chi connectivity index (χ4n) is 2.32. The summed E-state index contributed by atoms with van der Waals surface area (Å²) in [5, 5.41) is 22.8. The molecule has 23 heavy (non-hydrogen) atoms. The maximum absolute atomic E-state index is 11.9. The van der Waals surface area contributed by atoms with Gasteiger partial charge in [0.15, 0.2) is 5.69 Å². The van der Waals surface area contributed by atoms with Crippen molar-refractivity contribution in [1.29, 1.82) is 10.5 Å². The third-order valence-corrected chi connectivity index (χ3v) is 3.40. The average molecular weight is 306 g/mol. The molecular weight excluding hydrogens is 296 g/mol. The minimum absolute atomic E-state index is 0.00114. The Morgan fingerprint density at radius 2 is 2.09 bits per heavy atom. The highest BCUT2D eigenvalue weighted by atomic mass is 16.5. The van der Waals surface area contributed by atoms with Crippen LogP contribution in [0.4, 0.5) is 5.82 Å². The summed E-state index contributed by atoms with van der Waals surface area (Å²) in [5.41, 5.74) is 6.36. The summed E-state index contributed by atoms with van der Waals surface area (Å²) < 4.78 is 6.40. The smallest absolute Gasteiger partial charge is 0.250 e. The Bertz CT molecular complexity index is 1060. The molecule has 0 aliphatic rings. The van der Waals surface area contributed by atoms with Crippen molar-refractivity contribution >= 4 is 16.7 Å². The van der Waals surface area contributed by atoms with Gasteiger partial charge in [0.1, 0.15) is 29.3 Å². The Balaban J connectivity index is 2.41. The van der Waals surface area contributed by atoms with Crippen molar-refractivity contribution in [3.8, 4) is 23.6 Å². The predicted octanol–water partition coefficient (Wildman–Crippen LogP) is 1.05. The van der Waals surface area contributed by atoms with Gasteiger partial charge in [-0.1, -0.05) is 0 Å². The van der Waals surface area contributed by atoms with Crippen molar-refractivity contribution in [3.63, 3.8) is 0 Å². The average Bonchev–Trinajstić information content (AvgIpc) is 2.89. The Morgan fingerprint density at radius 1 is 1.30 bits per heavy atom. The van der Waals surface area contributed by atoms with Gasteiger partial charge in [-0.3, -0.25) is 4.79 Å². The van der Waals surface area contributed by atoms with Gasteiger partial charge in [-0.15, -0.1) is 0 Å². The Hall–Kier alpha value is -3.78. The van der Waals surface area contributed by atoms with E-state index in [2.05, 4.69) is 10.1 Å². The number of ether oxygens (including phenoxy) is 1. The summed E-state index contributed by atoms with van der Waals surface area (Å²) >= 11 is 0. The van der Waals surface area contributed by atoms with E-state index in [0.29, 0.717) is 22.3 Å². The van der Waals surface area contributed by atoms with Crippen molar-refractivity contribution in [2.45, 2.75) is 0 Å². The molecule has 2 aromatic heterocycles. The minimum Gasteiger partial charge on any atom is -0.497 e. The SMILES string of the molecule is COc1ccc2[nH]c(=O)cc(-n3nc(C#N)c(C#N)c3N)c2c1. The number of anilines is 1. The molecule has 1 aromatic carbocycles. The van der Waals surface area contributed by atoms with E-state index in [4.69, 9.17) is 21.0 Å². The van der Waals surface area contributed by atoms with E-state index in [1.165, 1.54) is 17.9 Å². The van der Waals surface area contributed by atoms with Gasteiger partial charge in [0.25, 0.3) is 5.56 Å². The largest absolute Gasteiger partial charge is 0.497 e. The van der Waals surface area contributed by atoms with E-state index in [0.717, 1.165) is 0 Å². The number of rotatable bonds is 2. The molecule has 0 saturated carbocycles. The van der Waals surface area contributed by atoms with Crippen LogP contribution in [0.2, 0.25) is 0 Å². The second-order valence-electron chi connectivity index (χ2n) is 4.67. The quantitative estimate of drug-likeness (QED) is 0.726. The van der Waals surface area contributed by atoms with E-state index in [1.807, 2.05) is 12.1 Å². The van der Waals surface area contributed by atoms with Crippen LogP contribution in [0.1, 0.15) is 11.3 Å². The van der Waals surface area contributed by atoms with Crippen molar-refractivity contribution in [3.05, 3.63) is 45.9 Å². The summed E-state index contributed by atoms with van der Waals surface area (Å²) in [6.45, 7) is 0. The second kappa shape index (κ2) is 5.20. The van der Waals surface area contributed by atoms with Crippen LogP contribution in [0.5, 0.6) is 5.75 Å². The van der Waals surface area contributed by atoms with Gasteiger partial charge in [-0.05, 0) is 18.2 Å². The van der Waals surface area contributed by atoms with Crippen LogP contribution in [0.3, 0.4) is 0 Å². The lowest BCUT2D eigenvalue weighted by atomic mass is 10.1. The molecule has 8 heteroatoms. The van der Waals surface area contributed by atoms with Crippen LogP contribution in [0.25, 0.3) is 16.6 Å². The number of nitriles is 2. The van der Waals surface area contributed by atoms with Crippen LogP contribution in [0, 0.1) is 22.7 Å². The van der Waals surface area contributed by atoms with Gasteiger partial charge >= 0.3 is 0 Å². The number of fused-ring (bicyclic) bond motifs is 1. The van der Waals surface area contributed by atoms with Crippen molar-refractivity contribution < 1.29 is 4.74 Å². The zero-order chi connectivity index (χ0) is 16.6. The van der Waals surface area contributed by atoms with Crippen LogP contribution in [-0.2, 0) is 0 Å². The number of pyridine rings is 1. The second-order valence-corrected chi connectivity index (χ2v) is 4.67. The first-order valence-corrected chi connectivity index (χ1v) is 6.49. The Labute approximate surface area is 129 Å². The Morgan fingerprint density at radius 3 is 2.70 bits per heavy atom. The number of aromatic nitrogens is 3. The number of hydrogen-bond acceptors (Lipinski definition) is 6. The molecule has 0 fully saturated rings. The molecule has 0 bridgehead atoms. The Kier molecular flexibility index (Phi) is 3.21. The first-order chi connectivity index (χ1) is 11.1. The molecule has 0 aliphatic heterocycles. The fourth-order valence-corrected chi connectivity index (χ4v) is 2.32. The first kappa shape index (κ1) is 14.2. The lowest BCUT2D eigenvalue weighted by molar-refractivity contribution is 0.415. The van der Waals surface area contributed by atoms with Crippen LogP contribution >= 0.6 is 0 Å².